The van der Waals surface area contributed by atoms with Crippen molar-refractivity contribution in [3.05, 3.63) is 35.9 Å². The molecule has 0 aromatic heterocycles. The van der Waals surface area contributed by atoms with Crippen LogP contribution in [0.1, 0.15) is 45.6 Å². The molecule has 0 radical (unpaired) electrons. The Hall–Kier alpha value is -0.780. The van der Waals surface area contributed by atoms with Gasteiger partial charge < -0.3 is 0 Å². The van der Waals surface area contributed by atoms with E-state index in [4.69, 9.17) is 0 Å². The highest BCUT2D eigenvalue weighted by Crippen LogP contribution is 2.97. The van der Waals surface area contributed by atoms with Crippen LogP contribution in [0.3, 0.4) is 0 Å². The van der Waals surface area contributed by atoms with Crippen LogP contribution >= 0.6 is 0 Å². The molecule has 0 bridgehead atoms. The fourth-order valence-electron chi connectivity index (χ4n) is 6.34. The van der Waals surface area contributed by atoms with Gasteiger partial charge in [0, 0.05) is 5.41 Å². The van der Waals surface area contributed by atoms with Crippen molar-refractivity contribution in [2.24, 2.45) is 22.7 Å². The number of benzene rings is 1. The zero-order valence-electron chi connectivity index (χ0n) is 11.2. The van der Waals surface area contributed by atoms with E-state index in [-0.39, 0.29) is 0 Å². The lowest BCUT2D eigenvalue weighted by atomic mass is 9.46. The largest absolute Gasteiger partial charge is 0.0648 e. The topological polar surface area (TPSA) is 0 Å². The molecule has 17 heavy (non-hydrogen) atoms. The standard InChI is InChI=1S/C17H22/c1-4-15(2)16(3)13-10-11-14(13)17(15,16)12-8-6-5-7-9-12/h5-9,13-14H,4,10-11H2,1-3H3/t13-,14-,15-,16-,17+/m0/s1. The monoisotopic (exact) mass is 226 g/mol. The lowest BCUT2D eigenvalue weighted by molar-refractivity contribution is -0.0483. The molecular formula is C17H22. The van der Waals surface area contributed by atoms with Crippen molar-refractivity contribution in [1.82, 2.24) is 0 Å². The van der Waals surface area contributed by atoms with Crippen molar-refractivity contribution in [2.45, 2.75) is 45.4 Å². The van der Waals surface area contributed by atoms with Crippen LogP contribution in [0.2, 0.25) is 0 Å². The minimum atomic E-state index is 0.541. The van der Waals surface area contributed by atoms with Gasteiger partial charge in [-0.1, -0.05) is 51.1 Å². The molecule has 0 spiro atoms. The van der Waals surface area contributed by atoms with Crippen LogP contribution in [0.4, 0.5) is 0 Å². The summed E-state index contributed by atoms with van der Waals surface area (Å²) in [6, 6.07) is 11.4. The average Bonchev–Trinajstić information content (AvgIpc) is 2.70. The number of rotatable bonds is 2. The third-order valence-electron chi connectivity index (χ3n) is 7.28. The third kappa shape index (κ3) is 0.687. The summed E-state index contributed by atoms with van der Waals surface area (Å²) < 4.78 is 0. The highest BCUT2D eigenvalue weighted by molar-refractivity contribution is 5.55. The summed E-state index contributed by atoms with van der Waals surface area (Å²) in [5.41, 5.74) is 3.35. The van der Waals surface area contributed by atoms with Gasteiger partial charge >= 0.3 is 0 Å². The van der Waals surface area contributed by atoms with Gasteiger partial charge in [-0.25, -0.2) is 0 Å². The molecule has 1 aromatic carbocycles. The molecule has 1 aromatic rings. The Bertz CT molecular complexity index is 466. The minimum Gasteiger partial charge on any atom is -0.0648 e. The number of hydrogen-bond acceptors (Lipinski definition) is 0. The van der Waals surface area contributed by atoms with E-state index in [1.807, 2.05) is 0 Å². The van der Waals surface area contributed by atoms with Gasteiger partial charge in [-0.15, -0.1) is 0 Å². The first-order valence-corrected chi connectivity index (χ1v) is 7.20. The second-order valence-corrected chi connectivity index (χ2v) is 6.85. The fraction of sp³-hybridized carbons (Fsp3) is 0.647. The molecule has 4 rings (SSSR count). The Kier molecular flexibility index (Phi) is 1.57. The number of hydrogen-bond donors (Lipinski definition) is 0. The molecule has 0 nitrogen and oxygen atoms in total. The van der Waals surface area contributed by atoms with Crippen LogP contribution in [-0.4, -0.2) is 0 Å². The van der Waals surface area contributed by atoms with Gasteiger partial charge in [0.05, 0.1) is 0 Å². The lowest BCUT2D eigenvalue weighted by Gasteiger charge is -2.58. The molecule has 0 unspecified atom stereocenters. The first kappa shape index (κ1) is 10.2. The Morgan fingerprint density at radius 1 is 1.06 bits per heavy atom. The van der Waals surface area contributed by atoms with E-state index in [0.717, 1.165) is 11.8 Å². The zero-order valence-corrected chi connectivity index (χ0v) is 11.2. The Morgan fingerprint density at radius 2 is 1.71 bits per heavy atom. The van der Waals surface area contributed by atoms with Crippen molar-refractivity contribution in [2.75, 3.05) is 0 Å². The van der Waals surface area contributed by atoms with Crippen LogP contribution in [0.5, 0.6) is 0 Å². The maximum Gasteiger partial charge on any atom is 0.0105 e. The summed E-state index contributed by atoms with van der Waals surface area (Å²) in [4.78, 5) is 0. The molecule has 3 fully saturated rings. The van der Waals surface area contributed by atoms with Gasteiger partial charge in [-0.05, 0) is 47.5 Å². The maximum absolute atomic E-state index is 2.57. The summed E-state index contributed by atoms with van der Waals surface area (Å²) in [7, 11) is 0. The Morgan fingerprint density at radius 3 is 2.24 bits per heavy atom. The first-order valence-electron chi connectivity index (χ1n) is 7.20. The molecule has 0 aliphatic heterocycles. The molecule has 3 aliphatic rings. The summed E-state index contributed by atoms with van der Waals surface area (Å²) >= 11 is 0. The molecule has 0 saturated heterocycles. The molecular weight excluding hydrogens is 204 g/mol. The van der Waals surface area contributed by atoms with E-state index in [9.17, 15) is 0 Å². The van der Waals surface area contributed by atoms with Gasteiger partial charge in [0.2, 0.25) is 0 Å². The SMILES string of the molecule is CC[C@@]1(C)[C@]2(C)[C@H]3CC[C@@H]3[C@]12c1ccccc1. The normalized spacial score (nSPS) is 54.1. The van der Waals surface area contributed by atoms with Gasteiger partial charge in [0.15, 0.2) is 0 Å². The highest BCUT2D eigenvalue weighted by Gasteiger charge is 2.95. The second-order valence-electron chi connectivity index (χ2n) is 6.85. The molecule has 0 heteroatoms. The van der Waals surface area contributed by atoms with Gasteiger partial charge in [-0.3, -0.25) is 0 Å². The zero-order chi connectivity index (χ0) is 11.9. The van der Waals surface area contributed by atoms with Gasteiger partial charge in [0.1, 0.15) is 0 Å². The van der Waals surface area contributed by atoms with Crippen LogP contribution in [0, 0.1) is 22.7 Å². The number of fused-ring (bicyclic) bond motifs is 4. The molecule has 3 saturated carbocycles. The quantitative estimate of drug-likeness (QED) is 0.701. The van der Waals surface area contributed by atoms with Crippen molar-refractivity contribution in [1.29, 1.82) is 0 Å². The van der Waals surface area contributed by atoms with E-state index >= 15 is 0 Å². The van der Waals surface area contributed by atoms with E-state index in [1.165, 1.54) is 19.3 Å². The van der Waals surface area contributed by atoms with E-state index < -0.39 is 0 Å². The van der Waals surface area contributed by atoms with Gasteiger partial charge in [-0.2, -0.15) is 0 Å². The first-order chi connectivity index (χ1) is 8.14. The smallest absolute Gasteiger partial charge is 0.0105 e. The van der Waals surface area contributed by atoms with Crippen LogP contribution in [0.15, 0.2) is 30.3 Å². The highest BCUT2D eigenvalue weighted by atomic mass is 15.0. The van der Waals surface area contributed by atoms with Crippen molar-refractivity contribution < 1.29 is 0 Å². The summed E-state index contributed by atoms with van der Waals surface area (Å²) in [6.07, 6.45) is 4.31. The van der Waals surface area contributed by atoms with Crippen molar-refractivity contribution in [3.63, 3.8) is 0 Å². The van der Waals surface area contributed by atoms with E-state index in [2.05, 4.69) is 51.1 Å². The maximum atomic E-state index is 2.57. The molecule has 0 amide bonds. The third-order valence-corrected chi connectivity index (χ3v) is 7.28. The predicted octanol–water partition coefficient (Wildman–Crippen LogP) is 4.40. The van der Waals surface area contributed by atoms with Crippen LogP contribution in [0.25, 0.3) is 0 Å². The second kappa shape index (κ2) is 2.63. The van der Waals surface area contributed by atoms with Crippen LogP contribution < -0.4 is 0 Å². The molecule has 0 N–H and O–H groups in total. The summed E-state index contributed by atoms with van der Waals surface area (Å²) in [6.45, 7) is 7.52. The Labute approximate surface area is 104 Å². The lowest BCUT2D eigenvalue weighted by Crippen LogP contribution is -2.54. The fourth-order valence-corrected chi connectivity index (χ4v) is 6.34. The Balaban J connectivity index is 1.89. The summed E-state index contributed by atoms with van der Waals surface area (Å²) in [5.74, 6) is 2.03. The molecule has 90 valence electrons. The summed E-state index contributed by atoms with van der Waals surface area (Å²) in [5, 5.41) is 0. The van der Waals surface area contributed by atoms with Crippen LogP contribution in [-0.2, 0) is 5.41 Å². The van der Waals surface area contributed by atoms with Gasteiger partial charge in [0.25, 0.3) is 0 Å². The molecule has 5 atom stereocenters. The van der Waals surface area contributed by atoms with Crippen molar-refractivity contribution in [3.8, 4) is 0 Å². The van der Waals surface area contributed by atoms with E-state index in [1.54, 1.807) is 5.56 Å². The molecule has 3 aliphatic carbocycles. The average molecular weight is 226 g/mol. The molecule has 0 heterocycles. The van der Waals surface area contributed by atoms with Crippen molar-refractivity contribution >= 4 is 0 Å². The van der Waals surface area contributed by atoms with E-state index in [0.29, 0.717) is 16.2 Å². The minimum absolute atomic E-state index is 0.541. The predicted molar refractivity (Wildman–Crippen MR) is 70.8 cm³/mol.